The number of hydrogen-bond donors (Lipinski definition) is 0. The van der Waals surface area contributed by atoms with E-state index in [4.69, 9.17) is 14.2 Å². The van der Waals surface area contributed by atoms with Gasteiger partial charge in [-0.3, -0.25) is 0 Å². The van der Waals surface area contributed by atoms with Crippen molar-refractivity contribution in [2.45, 2.75) is 90.9 Å². The molecule has 2 rings (SSSR count). The molecule has 0 amide bonds. The number of benzene rings is 2. The summed E-state index contributed by atoms with van der Waals surface area (Å²) in [7, 11) is 0. The van der Waals surface area contributed by atoms with Gasteiger partial charge in [-0.25, -0.2) is 18.4 Å². The summed E-state index contributed by atoms with van der Waals surface area (Å²) in [5, 5.41) is 0. The van der Waals surface area contributed by atoms with Crippen molar-refractivity contribution in [1.82, 2.24) is 0 Å². The maximum absolute atomic E-state index is 14.5. The summed E-state index contributed by atoms with van der Waals surface area (Å²) in [6, 6.07) is 6.34. The van der Waals surface area contributed by atoms with Crippen molar-refractivity contribution in [2.24, 2.45) is 0 Å². The van der Waals surface area contributed by atoms with E-state index in [-0.39, 0.29) is 12.2 Å². The molecule has 0 saturated carbocycles. The first-order valence-electron chi connectivity index (χ1n) is 13.7. The highest BCUT2D eigenvalue weighted by Crippen LogP contribution is 2.28. The van der Waals surface area contributed by atoms with Crippen LogP contribution in [0.15, 0.2) is 30.3 Å². The van der Waals surface area contributed by atoms with Gasteiger partial charge < -0.3 is 14.2 Å². The smallest absolute Gasteiger partial charge is 0.343 e. The lowest BCUT2D eigenvalue weighted by atomic mass is 10.1. The minimum absolute atomic E-state index is 0.00135. The number of unbranched alkanes of at least 4 members (excludes halogenated alkanes) is 10. The fourth-order valence-corrected chi connectivity index (χ4v) is 3.86. The van der Waals surface area contributed by atoms with Crippen molar-refractivity contribution in [3.05, 3.63) is 58.9 Å². The van der Waals surface area contributed by atoms with Crippen LogP contribution in [0.3, 0.4) is 0 Å². The number of ether oxygens (including phenoxy) is 3. The molecule has 0 unspecified atom stereocenters. The van der Waals surface area contributed by atoms with Crippen LogP contribution in [0.4, 0.5) is 13.2 Å². The Morgan fingerprint density at radius 2 is 1.24 bits per heavy atom. The second-order valence-electron chi connectivity index (χ2n) is 9.30. The first kappa shape index (κ1) is 31.2. The molecular formula is C30H39F3O5. The Labute approximate surface area is 223 Å². The van der Waals surface area contributed by atoms with Gasteiger partial charge in [0.1, 0.15) is 11.3 Å². The first-order valence-corrected chi connectivity index (χ1v) is 13.7. The van der Waals surface area contributed by atoms with Crippen LogP contribution in [0.25, 0.3) is 0 Å². The summed E-state index contributed by atoms with van der Waals surface area (Å²) in [6.07, 6.45) is 12.5. The molecule has 0 spiro atoms. The Hall–Kier alpha value is -3.03. The minimum Gasteiger partial charge on any atom is -0.494 e. The zero-order chi connectivity index (χ0) is 27.8. The number of carbonyl (C=O) groups is 2. The fraction of sp³-hybridized carbons (Fsp3) is 0.533. The van der Waals surface area contributed by atoms with Gasteiger partial charge in [0, 0.05) is 0 Å². The van der Waals surface area contributed by atoms with Crippen LogP contribution in [0.2, 0.25) is 0 Å². The normalized spacial score (nSPS) is 10.9. The Kier molecular flexibility index (Phi) is 14.3. The van der Waals surface area contributed by atoms with Crippen molar-refractivity contribution >= 4 is 11.9 Å². The van der Waals surface area contributed by atoms with Gasteiger partial charge in [-0.2, -0.15) is 4.39 Å². The largest absolute Gasteiger partial charge is 0.494 e. The van der Waals surface area contributed by atoms with Crippen molar-refractivity contribution in [1.29, 1.82) is 0 Å². The molecule has 0 aromatic heterocycles. The van der Waals surface area contributed by atoms with Crippen molar-refractivity contribution in [3.8, 4) is 11.5 Å². The number of esters is 2. The summed E-state index contributed by atoms with van der Waals surface area (Å²) in [4.78, 5) is 24.5. The van der Waals surface area contributed by atoms with E-state index in [1.807, 2.05) is 0 Å². The highest BCUT2D eigenvalue weighted by atomic mass is 19.2. The lowest BCUT2D eigenvalue weighted by molar-refractivity contribution is 0.0490. The Bertz CT molecular complexity index is 1010. The van der Waals surface area contributed by atoms with Gasteiger partial charge in [-0.1, -0.05) is 78.1 Å². The third kappa shape index (κ3) is 10.4. The lowest BCUT2D eigenvalue weighted by Crippen LogP contribution is -2.15. The molecule has 8 heteroatoms. The van der Waals surface area contributed by atoms with E-state index >= 15 is 0 Å². The third-order valence-corrected chi connectivity index (χ3v) is 6.12. The Morgan fingerprint density at radius 1 is 0.684 bits per heavy atom. The summed E-state index contributed by atoms with van der Waals surface area (Å²) in [5.74, 6) is -7.73. The van der Waals surface area contributed by atoms with E-state index in [9.17, 15) is 22.8 Å². The van der Waals surface area contributed by atoms with Crippen LogP contribution in [-0.2, 0) is 4.74 Å². The van der Waals surface area contributed by atoms with E-state index in [1.165, 1.54) is 31.4 Å². The van der Waals surface area contributed by atoms with Crippen LogP contribution in [-0.4, -0.2) is 25.2 Å². The van der Waals surface area contributed by atoms with Gasteiger partial charge in [0.2, 0.25) is 11.6 Å². The minimum atomic E-state index is -1.77. The van der Waals surface area contributed by atoms with Gasteiger partial charge in [-0.15, -0.1) is 0 Å². The molecule has 0 N–H and O–H groups in total. The molecule has 0 aliphatic rings. The quantitative estimate of drug-likeness (QED) is 0.0826. The van der Waals surface area contributed by atoms with Crippen LogP contribution in [0, 0.1) is 17.5 Å². The molecule has 0 atom stereocenters. The van der Waals surface area contributed by atoms with E-state index < -0.39 is 40.7 Å². The van der Waals surface area contributed by atoms with E-state index in [1.54, 1.807) is 12.1 Å². The van der Waals surface area contributed by atoms with Crippen LogP contribution < -0.4 is 9.47 Å². The molecule has 0 radical (unpaired) electrons. The molecule has 0 bridgehead atoms. The first-order chi connectivity index (χ1) is 18.4. The van der Waals surface area contributed by atoms with Crippen molar-refractivity contribution < 1.29 is 37.0 Å². The van der Waals surface area contributed by atoms with E-state index in [0.29, 0.717) is 24.8 Å². The Balaban J connectivity index is 1.88. The highest BCUT2D eigenvalue weighted by Gasteiger charge is 2.26. The molecule has 0 aliphatic carbocycles. The second-order valence-corrected chi connectivity index (χ2v) is 9.30. The number of carbonyl (C=O) groups excluding carboxylic acids is 2. The molecule has 0 fully saturated rings. The molecular weight excluding hydrogens is 497 g/mol. The maximum atomic E-state index is 14.5. The zero-order valence-electron chi connectivity index (χ0n) is 22.5. The molecule has 0 heterocycles. The van der Waals surface area contributed by atoms with Gasteiger partial charge in [0.25, 0.3) is 0 Å². The third-order valence-electron chi connectivity index (χ3n) is 6.12. The van der Waals surface area contributed by atoms with Gasteiger partial charge in [-0.05, 0) is 43.2 Å². The Morgan fingerprint density at radius 3 is 1.84 bits per heavy atom. The number of rotatable bonds is 18. The van der Waals surface area contributed by atoms with E-state index in [0.717, 1.165) is 51.4 Å². The molecule has 0 saturated heterocycles. The van der Waals surface area contributed by atoms with Gasteiger partial charge >= 0.3 is 11.9 Å². The molecule has 2 aromatic rings. The zero-order valence-corrected chi connectivity index (χ0v) is 22.5. The number of halogens is 3. The van der Waals surface area contributed by atoms with Crippen LogP contribution in [0.5, 0.6) is 11.5 Å². The average Bonchev–Trinajstić information content (AvgIpc) is 2.92. The van der Waals surface area contributed by atoms with Gasteiger partial charge in [0.15, 0.2) is 11.6 Å². The molecule has 0 aliphatic heterocycles. The fourth-order valence-electron chi connectivity index (χ4n) is 3.86. The van der Waals surface area contributed by atoms with E-state index in [2.05, 4.69) is 13.8 Å². The number of hydrogen-bond acceptors (Lipinski definition) is 5. The van der Waals surface area contributed by atoms with Gasteiger partial charge in [0.05, 0.1) is 18.8 Å². The molecule has 38 heavy (non-hydrogen) atoms. The summed E-state index contributed by atoms with van der Waals surface area (Å²) in [6.45, 7) is 4.83. The van der Waals surface area contributed by atoms with Crippen molar-refractivity contribution in [2.75, 3.05) is 13.2 Å². The highest BCUT2D eigenvalue weighted by molar-refractivity contribution is 5.92. The van der Waals surface area contributed by atoms with Crippen LogP contribution in [0.1, 0.15) is 112 Å². The summed E-state index contributed by atoms with van der Waals surface area (Å²) < 4.78 is 58.9. The standard InChI is InChI=1S/C30H39F3O5/c1-3-5-7-9-11-13-19-36-23-17-15-22(16-18-23)29(34)38-28-25(31)21-24(26(32)27(28)33)30(35)37-20-14-12-10-8-6-4-2/h15-18,21H,3-14,19-20H2,1-2H3. The average molecular weight is 537 g/mol. The monoisotopic (exact) mass is 536 g/mol. The SMILES string of the molecule is CCCCCCCCOC(=O)c1cc(F)c(OC(=O)c2ccc(OCCCCCCCC)cc2)c(F)c1F. The van der Waals surface area contributed by atoms with Crippen LogP contribution >= 0.6 is 0 Å². The second kappa shape index (κ2) is 17.5. The molecule has 2 aromatic carbocycles. The lowest BCUT2D eigenvalue weighted by Gasteiger charge is -2.11. The summed E-state index contributed by atoms with van der Waals surface area (Å²) in [5.41, 5.74) is -0.892. The molecule has 210 valence electrons. The maximum Gasteiger partial charge on any atom is 0.343 e. The predicted molar refractivity (Wildman–Crippen MR) is 140 cm³/mol. The predicted octanol–water partition coefficient (Wildman–Crippen LogP) is 8.58. The topological polar surface area (TPSA) is 61.8 Å². The summed E-state index contributed by atoms with van der Waals surface area (Å²) >= 11 is 0. The molecule has 5 nitrogen and oxygen atoms in total. The van der Waals surface area contributed by atoms with Crippen molar-refractivity contribution in [3.63, 3.8) is 0 Å².